The highest BCUT2D eigenvalue weighted by molar-refractivity contribution is 9.10. The Bertz CT molecular complexity index is 948. The van der Waals surface area contributed by atoms with Gasteiger partial charge in [0.1, 0.15) is 6.54 Å². The van der Waals surface area contributed by atoms with E-state index in [0.29, 0.717) is 10.6 Å². The fourth-order valence-corrected chi connectivity index (χ4v) is 4.17. The van der Waals surface area contributed by atoms with Crippen LogP contribution in [0.3, 0.4) is 0 Å². The van der Waals surface area contributed by atoms with E-state index in [0.717, 1.165) is 21.1 Å². The number of imide groups is 1. The molecule has 0 bridgehead atoms. The number of amides is 3. The Morgan fingerprint density at radius 1 is 1.14 bits per heavy atom. The molecule has 2 aromatic carbocycles. The minimum Gasteiger partial charge on any atom is -0.480 e. The molecule has 1 fully saturated rings. The maximum absolute atomic E-state index is 12.8. The number of aliphatic carboxylic acids is 1. The standard InChI is InChI=1S/C19H15BrN2O5S/c20-11-5-7-12(8-6-11)22-16(23)9-15(19(22)27)28-14-4-2-1-3-13(14)18(26)21-10-17(24)25/h1-8,15H,9-10H2,(H,21,26)(H,24,25)/t15-/m0/s1. The summed E-state index contributed by atoms with van der Waals surface area (Å²) in [5, 5.41) is 10.4. The van der Waals surface area contributed by atoms with Crippen molar-refractivity contribution in [1.82, 2.24) is 5.32 Å². The molecule has 1 heterocycles. The Hall–Kier alpha value is -2.65. The van der Waals surface area contributed by atoms with Crippen LogP contribution < -0.4 is 10.2 Å². The van der Waals surface area contributed by atoms with Gasteiger partial charge in [-0.25, -0.2) is 4.90 Å². The third-order valence-corrected chi connectivity index (χ3v) is 5.78. The third-order valence-electron chi connectivity index (χ3n) is 3.99. The highest BCUT2D eigenvalue weighted by atomic mass is 79.9. The van der Waals surface area contributed by atoms with Crippen molar-refractivity contribution in [2.75, 3.05) is 11.4 Å². The second kappa shape index (κ2) is 8.57. The number of thioether (sulfide) groups is 1. The summed E-state index contributed by atoms with van der Waals surface area (Å²) in [5.74, 6) is -2.36. The number of nitrogens with zero attached hydrogens (tertiary/aromatic N) is 1. The predicted molar refractivity (Wildman–Crippen MR) is 107 cm³/mol. The molecule has 2 aromatic rings. The van der Waals surface area contributed by atoms with E-state index in [1.54, 1.807) is 48.5 Å². The number of nitrogens with one attached hydrogen (secondary N) is 1. The van der Waals surface area contributed by atoms with Crippen LogP contribution in [0.2, 0.25) is 0 Å². The maximum Gasteiger partial charge on any atom is 0.322 e. The van der Waals surface area contributed by atoms with E-state index in [9.17, 15) is 19.2 Å². The average molecular weight is 463 g/mol. The Morgan fingerprint density at radius 2 is 1.82 bits per heavy atom. The van der Waals surface area contributed by atoms with E-state index in [1.807, 2.05) is 0 Å². The number of benzene rings is 2. The molecular formula is C19H15BrN2O5S. The lowest BCUT2D eigenvalue weighted by Crippen LogP contribution is -2.31. The van der Waals surface area contributed by atoms with Crippen molar-refractivity contribution in [2.24, 2.45) is 0 Å². The second-order valence-electron chi connectivity index (χ2n) is 5.93. The molecule has 1 saturated heterocycles. The molecule has 3 amide bonds. The Balaban J connectivity index is 1.78. The summed E-state index contributed by atoms with van der Waals surface area (Å²) in [6, 6.07) is 13.4. The van der Waals surface area contributed by atoms with E-state index >= 15 is 0 Å². The molecule has 3 rings (SSSR count). The number of hydrogen-bond donors (Lipinski definition) is 2. The number of carboxylic acid groups (broad SMARTS) is 1. The molecule has 7 nitrogen and oxygen atoms in total. The van der Waals surface area contributed by atoms with Crippen LogP contribution in [0.25, 0.3) is 0 Å². The molecule has 0 aromatic heterocycles. The van der Waals surface area contributed by atoms with Gasteiger partial charge in [-0.3, -0.25) is 19.2 Å². The molecule has 144 valence electrons. The van der Waals surface area contributed by atoms with Crippen LogP contribution >= 0.6 is 27.7 Å². The van der Waals surface area contributed by atoms with Crippen LogP contribution in [-0.2, 0) is 14.4 Å². The number of carbonyl (C=O) groups excluding carboxylic acids is 3. The summed E-state index contributed by atoms with van der Waals surface area (Å²) < 4.78 is 0.836. The number of hydrogen-bond acceptors (Lipinski definition) is 5. The molecule has 1 aliphatic rings. The lowest BCUT2D eigenvalue weighted by molar-refractivity contribution is -0.135. The lowest BCUT2D eigenvalue weighted by atomic mass is 10.2. The van der Waals surface area contributed by atoms with Gasteiger partial charge in [0.05, 0.1) is 16.5 Å². The van der Waals surface area contributed by atoms with E-state index < -0.39 is 23.7 Å². The number of halogens is 1. The fourth-order valence-electron chi connectivity index (χ4n) is 2.72. The van der Waals surface area contributed by atoms with Gasteiger partial charge in [0.25, 0.3) is 5.91 Å². The van der Waals surface area contributed by atoms with Crippen molar-refractivity contribution in [2.45, 2.75) is 16.6 Å². The van der Waals surface area contributed by atoms with Crippen LogP contribution in [0.15, 0.2) is 57.9 Å². The van der Waals surface area contributed by atoms with Gasteiger partial charge in [0.2, 0.25) is 11.8 Å². The Morgan fingerprint density at radius 3 is 2.50 bits per heavy atom. The van der Waals surface area contributed by atoms with Gasteiger partial charge in [0.15, 0.2) is 0 Å². The molecule has 9 heteroatoms. The SMILES string of the molecule is O=C(O)CNC(=O)c1ccccc1S[C@H]1CC(=O)N(c2ccc(Br)cc2)C1=O. The molecule has 2 N–H and O–H groups in total. The van der Waals surface area contributed by atoms with Crippen LogP contribution in [0.5, 0.6) is 0 Å². The van der Waals surface area contributed by atoms with E-state index in [2.05, 4.69) is 21.2 Å². The molecule has 0 radical (unpaired) electrons. The topological polar surface area (TPSA) is 104 Å². The summed E-state index contributed by atoms with van der Waals surface area (Å²) >= 11 is 4.44. The molecule has 0 spiro atoms. The first-order valence-electron chi connectivity index (χ1n) is 8.25. The summed E-state index contributed by atoms with van der Waals surface area (Å²) in [4.78, 5) is 49.8. The van der Waals surface area contributed by atoms with E-state index in [4.69, 9.17) is 5.11 Å². The minimum absolute atomic E-state index is 0.0185. The first kappa shape index (κ1) is 20.1. The lowest BCUT2D eigenvalue weighted by Gasteiger charge is -2.15. The predicted octanol–water partition coefficient (Wildman–Crippen LogP) is 2.69. The number of rotatable bonds is 6. The van der Waals surface area contributed by atoms with Crippen molar-refractivity contribution in [3.05, 3.63) is 58.6 Å². The van der Waals surface area contributed by atoms with Crippen LogP contribution in [0.4, 0.5) is 5.69 Å². The highest BCUT2D eigenvalue weighted by Gasteiger charge is 2.40. The van der Waals surface area contributed by atoms with Gasteiger partial charge in [-0.05, 0) is 36.4 Å². The van der Waals surface area contributed by atoms with E-state index in [1.165, 1.54) is 0 Å². The van der Waals surface area contributed by atoms with Crippen LogP contribution in [-0.4, -0.2) is 40.6 Å². The zero-order valence-corrected chi connectivity index (χ0v) is 16.8. The van der Waals surface area contributed by atoms with Crippen LogP contribution in [0.1, 0.15) is 16.8 Å². The smallest absolute Gasteiger partial charge is 0.322 e. The molecule has 1 aliphatic heterocycles. The monoisotopic (exact) mass is 462 g/mol. The highest BCUT2D eigenvalue weighted by Crippen LogP contribution is 2.35. The molecule has 1 atom stereocenters. The van der Waals surface area contributed by atoms with Gasteiger partial charge in [0, 0.05) is 15.8 Å². The van der Waals surface area contributed by atoms with Gasteiger partial charge in [-0.2, -0.15) is 0 Å². The summed E-state index contributed by atoms with van der Waals surface area (Å²) in [7, 11) is 0. The molecule has 0 saturated carbocycles. The largest absolute Gasteiger partial charge is 0.480 e. The average Bonchev–Trinajstić information content (AvgIpc) is 2.94. The fraction of sp³-hybridized carbons (Fsp3) is 0.158. The molecule has 28 heavy (non-hydrogen) atoms. The molecule has 0 unspecified atom stereocenters. The summed E-state index contributed by atoms with van der Waals surface area (Å²) in [6.07, 6.45) is 0.0185. The van der Waals surface area contributed by atoms with Crippen molar-refractivity contribution >= 4 is 57.1 Å². The maximum atomic E-state index is 12.8. The number of carbonyl (C=O) groups is 4. The van der Waals surface area contributed by atoms with E-state index in [-0.39, 0.29) is 23.8 Å². The van der Waals surface area contributed by atoms with Crippen molar-refractivity contribution in [1.29, 1.82) is 0 Å². The molecular weight excluding hydrogens is 448 g/mol. The minimum atomic E-state index is -1.15. The summed E-state index contributed by atoms with van der Waals surface area (Å²) in [5.41, 5.74) is 0.755. The zero-order chi connectivity index (χ0) is 20.3. The van der Waals surface area contributed by atoms with Crippen LogP contribution in [0, 0.1) is 0 Å². The van der Waals surface area contributed by atoms with Gasteiger partial charge >= 0.3 is 5.97 Å². The first-order chi connectivity index (χ1) is 13.4. The van der Waals surface area contributed by atoms with Crippen molar-refractivity contribution < 1.29 is 24.3 Å². The van der Waals surface area contributed by atoms with Crippen molar-refractivity contribution in [3.63, 3.8) is 0 Å². The van der Waals surface area contributed by atoms with Gasteiger partial charge < -0.3 is 10.4 Å². The van der Waals surface area contributed by atoms with Crippen molar-refractivity contribution in [3.8, 4) is 0 Å². The molecule has 0 aliphatic carbocycles. The Labute approximate surface area is 173 Å². The van der Waals surface area contributed by atoms with Gasteiger partial charge in [-0.15, -0.1) is 11.8 Å². The number of anilines is 1. The quantitative estimate of drug-likeness (QED) is 0.639. The first-order valence-corrected chi connectivity index (χ1v) is 9.92. The normalized spacial score (nSPS) is 16.3. The van der Waals surface area contributed by atoms with Gasteiger partial charge in [-0.1, -0.05) is 28.1 Å². The third kappa shape index (κ3) is 4.42. The summed E-state index contributed by atoms with van der Waals surface area (Å²) in [6.45, 7) is -0.504. The number of carboxylic acids is 1. The Kier molecular flexibility index (Phi) is 6.15. The second-order valence-corrected chi connectivity index (χ2v) is 8.09. The zero-order valence-electron chi connectivity index (χ0n) is 14.4.